The average molecular weight is 503 g/mol. The Hall–Kier alpha value is -4.58. The molecule has 0 fully saturated rings. The first kappa shape index (κ1) is 21.5. The quantitative estimate of drug-likeness (QED) is 0.233. The van der Waals surface area contributed by atoms with Crippen molar-refractivity contribution < 1.29 is 4.74 Å². The van der Waals surface area contributed by atoms with Gasteiger partial charge in [-0.15, -0.1) is 11.3 Å². The third-order valence-corrected chi connectivity index (χ3v) is 8.95. The highest BCUT2D eigenvalue weighted by Crippen LogP contribution is 2.54. The van der Waals surface area contributed by atoms with Gasteiger partial charge in [-0.05, 0) is 58.7 Å². The van der Waals surface area contributed by atoms with Crippen molar-refractivity contribution >= 4 is 28.2 Å². The van der Waals surface area contributed by atoms with E-state index in [-0.39, 0.29) is 0 Å². The van der Waals surface area contributed by atoms with E-state index in [0.29, 0.717) is 0 Å². The average Bonchev–Trinajstić information content (AvgIpc) is 3.37. The number of benzene rings is 4. The molecule has 1 aliphatic carbocycles. The van der Waals surface area contributed by atoms with Crippen molar-refractivity contribution in [1.29, 1.82) is 0 Å². The molecule has 1 nitrogen and oxygen atoms in total. The van der Waals surface area contributed by atoms with E-state index < -0.39 is 0 Å². The maximum absolute atomic E-state index is 6.33. The number of ether oxygens (including phenoxy) is 1. The zero-order valence-corrected chi connectivity index (χ0v) is 21.4. The third kappa shape index (κ3) is 3.19. The van der Waals surface area contributed by atoms with Gasteiger partial charge in [0, 0.05) is 31.8 Å². The van der Waals surface area contributed by atoms with Crippen LogP contribution in [0, 0.1) is 12.1 Å². The summed E-state index contributed by atoms with van der Waals surface area (Å²) in [7, 11) is 0. The number of hydrogen-bond acceptors (Lipinski definition) is 2. The van der Waals surface area contributed by atoms with E-state index in [1.165, 1.54) is 54.1 Å². The molecule has 5 aromatic carbocycles. The fourth-order valence-corrected chi connectivity index (χ4v) is 7.35. The highest BCUT2D eigenvalue weighted by atomic mass is 32.1. The van der Waals surface area contributed by atoms with Crippen LogP contribution in [0.3, 0.4) is 0 Å². The zero-order valence-electron chi connectivity index (χ0n) is 20.6. The molecule has 0 saturated carbocycles. The van der Waals surface area contributed by atoms with E-state index in [9.17, 15) is 0 Å². The fourth-order valence-electron chi connectivity index (χ4n) is 5.94. The molecule has 2 heterocycles. The molecule has 1 aliphatic heterocycles. The van der Waals surface area contributed by atoms with Crippen LogP contribution in [0.1, 0.15) is 17.5 Å². The van der Waals surface area contributed by atoms with Crippen molar-refractivity contribution in [2.45, 2.75) is 12.8 Å². The van der Waals surface area contributed by atoms with Crippen LogP contribution in [0.2, 0.25) is 0 Å². The molecule has 0 saturated heterocycles. The molecule has 0 radical (unpaired) electrons. The summed E-state index contributed by atoms with van der Waals surface area (Å²) in [5, 5.41) is 2.34. The summed E-state index contributed by atoms with van der Waals surface area (Å²) < 4.78 is 6.33. The van der Waals surface area contributed by atoms with E-state index in [1.54, 1.807) is 0 Å². The van der Waals surface area contributed by atoms with Crippen LogP contribution in [-0.2, 0) is 6.42 Å². The number of rotatable bonds is 3. The minimum Gasteiger partial charge on any atom is -0.455 e. The first-order valence-corrected chi connectivity index (χ1v) is 13.8. The number of allylic oxidation sites excluding steroid dienone is 1. The van der Waals surface area contributed by atoms with Crippen LogP contribution in [0.4, 0.5) is 0 Å². The topological polar surface area (TPSA) is 9.23 Å². The molecule has 1 aromatic heterocycles. The summed E-state index contributed by atoms with van der Waals surface area (Å²) in [4.78, 5) is 2.68. The highest BCUT2D eigenvalue weighted by Gasteiger charge is 2.28. The standard InChI is InChI=1S/C36H22OS/c1-2-11-23(12-3-1)25-14-4-5-15-26(25)35-27-16-6-7-17-28(27)36(38-35)30-22-21-24-13-10-20-32-33(24)34(30)29-18-8-9-19-31(29)37-32/h1-6,9-16,19-22H,7,17H2. The maximum atomic E-state index is 6.33. The Morgan fingerprint density at radius 1 is 0.711 bits per heavy atom. The maximum Gasteiger partial charge on any atom is 0.144 e. The SMILES string of the molecule is c1ccc2c(c#1)-c1c(-c3sc(-c4ccccc4-c4ccccc4)c4c3CCC=C4)ccc3cccc(c13)O2. The third-order valence-electron chi connectivity index (χ3n) is 7.63. The molecule has 0 spiro atoms. The molecule has 6 aromatic rings. The van der Waals surface area contributed by atoms with Gasteiger partial charge in [0.05, 0.1) is 5.56 Å². The van der Waals surface area contributed by atoms with E-state index in [0.717, 1.165) is 35.3 Å². The Morgan fingerprint density at radius 3 is 2.50 bits per heavy atom. The Balaban J connectivity index is 1.43. The molecule has 2 aliphatic rings. The van der Waals surface area contributed by atoms with Gasteiger partial charge in [-0.25, -0.2) is 0 Å². The molecule has 178 valence electrons. The molecule has 0 N–H and O–H groups in total. The smallest absolute Gasteiger partial charge is 0.144 e. The van der Waals surface area contributed by atoms with Crippen LogP contribution in [0.5, 0.6) is 11.5 Å². The van der Waals surface area contributed by atoms with Crippen molar-refractivity contribution in [1.82, 2.24) is 0 Å². The summed E-state index contributed by atoms with van der Waals surface area (Å²) in [6.45, 7) is 0. The lowest BCUT2D eigenvalue weighted by Crippen LogP contribution is -1.99. The van der Waals surface area contributed by atoms with Gasteiger partial charge >= 0.3 is 0 Å². The second-order valence-electron chi connectivity index (χ2n) is 9.79. The summed E-state index contributed by atoms with van der Waals surface area (Å²) in [5.74, 6) is 1.75. The second kappa shape index (κ2) is 8.48. The largest absolute Gasteiger partial charge is 0.455 e. The van der Waals surface area contributed by atoms with Gasteiger partial charge in [0.1, 0.15) is 11.5 Å². The fraction of sp³-hybridized carbons (Fsp3) is 0.0556. The lowest BCUT2D eigenvalue weighted by molar-refractivity contribution is 0.487. The van der Waals surface area contributed by atoms with E-state index in [4.69, 9.17) is 4.74 Å². The van der Waals surface area contributed by atoms with Crippen molar-refractivity contribution in [3.8, 4) is 54.6 Å². The van der Waals surface area contributed by atoms with Crippen LogP contribution in [0.15, 0.2) is 103 Å². The minimum atomic E-state index is 0.844. The molecule has 8 rings (SSSR count). The van der Waals surface area contributed by atoms with E-state index >= 15 is 0 Å². The molecule has 2 heteroatoms. The Kier molecular flexibility index (Phi) is 4.80. The van der Waals surface area contributed by atoms with Gasteiger partial charge in [0.25, 0.3) is 0 Å². The van der Waals surface area contributed by atoms with Gasteiger partial charge < -0.3 is 4.74 Å². The van der Waals surface area contributed by atoms with Crippen molar-refractivity contribution in [2.75, 3.05) is 0 Å². The van der Waals surface area contributed by atoms with Crippen LogP contribution >= 0.6 is 11.3 Å². The molecule has 38 heavy (non-hydrogen) atoms. The zero-order chi connectivity index (χ0) is 25.1. The van der Waals surface area contributed by atoms with Gasteiger partial charge in [-0.1, -0.05) is 103 Å². The summed E-state index contributed by atoms with van der Waals surface area (Å²) in [6.07, 6.45) is 6.76. The summed E-state index contributed by atoms with van der Waals surface area (Å²) in [6, 6.07) is 40.8. The number of hydrogen-bond donors (Lipinski definition) is 0. The molecule has 0 unspecified atom stereocenters. The number of fused-ring (bicyclic) bond motifs is 3. The Bertz CT molecular complexity index is 1890. The molecular formula is C36H22OS. The predicted octanol–water partition coefficient (Wildman–Crippen LogP) is 10.2. The van der Waals surface area contributed by atoms with Crippen LogP contribution in [-0.4, -0.2) is 0 Å². The van der Waals surface area contributed by atoms with Crippen LogP contribution in [0.25, 0.3) is 60.0 Å². The summed E-state index contributed by atoms with van der Waals surface area (Å²) >= 11 is 1.92. The Labute approximate surface area is 226 Å². The molecule has 0 bridgehead atoms. The summed E-state index contributed by atoms with van der Waals surface area (Å²) in [5.41, 5.74) is 10.1. The van der Waals surface area contributed by atoms with Gasteiger partial charge in [0.2, 0.25) is 0 Å². The first-order chi connectivity index (χ1) is 18.9. The lowest BCUT2D eigenvalue weighted by atomic mass is 9.87. The Morgan fingerprint density at radius 2 is 1.58 bits per heavy atom. The molecule has 0 amide bonds. The lowest BCUT2D eigenvalue weighted by Gasteiger charge is -2.22. The van der Waals surface area contributed by atoms with E-state index in [1.807, 2.05) is 23.5 Å². The number of thiophene rings is 1. The van der Waals surface area contributed by atoms with Gasteiger partial charge in [-0.2, -0.15) is 0 Å². The molecular weight excluding hydrogens is 480 g/mol. The highest BCUT2D eigenvalue weighted by molar-refractivity contribution is 7.19. The van der Waals surface area contributed by atoms with Crippen molar-refractivity contribution in [3.63, 3.8) is 0 Å². The predicted molar refractivity (Wildman–Crippen MR) is 159 cm³/mol. The monoisotopic (exact) mass is 502 g/mol. The van der Waals surface area contributed by atoms with E-state index in [2.05, 4.69) is 109 Å². The molecule has 0 atom stereocenters. The second-order valence-corrected chi connectivity index (χ2v) is 10.8. The minimum absolute atomic E-state index is 0.844. The van der Waals surface area contributed by atoms with Gasteiger partial charge in [-0.3, -0.25) is 0 Å². The van der Waals surface area contributed by atoms with Crippen molar-refractivity contribution in [3.05, 3.63) is 126 Å². The van der Waals surface area contributed by atoms with Crippen LogP contribution < -0.4 is 4.74 Å². The normalized spacial score (nSPS) is 12.9. The van der Waals surface area contributed by atoms with Crippen molar-refractivity contribution in [2.24, 2.45) is 0 Å². The first-order valence-electron chi connectivity index (χ1n) is 13.0. The van der Waals surface area contributed by atoms with Gasteiger partial charge in [0.15, 0.2) is 0 Å².